The number of hydrogen-bond donors (Lipinski definition) is 1. The highest BCUT2D eigenvalue weighted by atomic mass is 16.5. The summed E-state index contributed by atoms with van der Waals surface area (Å²) in [5.41, 5.74) is 0. The molecule has 1 aliphatic rings. The lowest BCUT2D eigenvalue weighted by Gasteiger charge is -2.22. The van der Waals surface area contributed by atoms with Gasteiger partial charge in [-0.15, -0.1) is 0 Å². The molecule has 0 unspecified atom stereocenters. The average molecular weight is 286 g/mol. The summed E-state index contributed by atoms with van der Waals surface area (Å²) in [6, 6.07) is 0. The summed E-state index contributed by atoms with van der Waals surface area (Å²) < 4.78 is 10.5. The summed E-state index contributed by atoms with van der Waals surface area (Å²) in [5.74, 6) is -1.01. The SMILES string of the molecule is CC(C)C[C@@H](CC(=O)O)C(=O)OCCC1CCOCC1. The van der Waals surface area contributed by atoms with E-state index in [1.54, 1.807) is 0 Å². The smallest absolute Gasteiger partial charge is 0.309 e. The molecule has 1 aliphatic heterocycles. The second-order valence-corrected chi connectivity index (χ2v) is 5.94. The van der Waals surface area contributed by atoms with Gasteiger partial charge in [-0.3, -0.25) is 9.59 Å². The van der Waals surface area contributed by atoms with Gasteiger partial charge in [0.1, 0.15) is 0 Å². The fraction of sp³-hybridized carbons (Fsp3) is 0.867. The van der Waals surface area contributed by atoms with Crippen LogP contribution >= 0.6 is 0 Å². The summed E-state index contributed by atoms with van der Waals surface area (Å²) in [6.45, 7) is 5.91. The second-order valence-electron chi connectivity index (χ2n) is 5.94. The summed E-state index contributed by atoms with van der Waals surface area (Å²) in [5, 5.41) is 8.85. The Morgan fingerprint density at radius 1 is 1.30 bits per heavy atom. The van der Waals surface area contributed by atoms with Crippen molar-refractivity contribution in [1.82, 2.24) is 0 Å². The lowest BCUT2D eigenvalue weighted by atomic mass is 9.94. The maximum absolute atomic E-state index is 11.9. The molecule has 0 aliphatic carbocycles. The molecule has 0 bridgehead atoms. The van der Waals surface area contributed by atoms with Gasteiger partial charge in [-0.25, -0.2) is 0 Å². The Morgan fingerprint density at radius 3 is 2.50 bits per heavy atom. The van der Waals surface area contributed by atoms with Gasteiger partial charge < -0.3 is 14.6 Å². The number of hydrogen-bond acceptors (Lipinski definition) is 4. The monoisotopic (exact) mass is 286 g/mol. The van der Waals surface area contributed by atoms with E-state index in [0.29, 0.717) is 18.9 Å². The Bertz CT molecular complexity index is 307. The van der Waals surface area contributed by atoms with Crippen LogP contribution in [-0.4, -0.2) is 36.9 Å². The van der Waals surface area contributed by atoms with E-state index in [9.17, 15) is 9.59 Å². The van der Waals surface area contributed by atoms with E-state index in [0.717, 1.165) is 32.5 Å². The predicted octanol–water partition coefficient (Wildman–Crippen LogP) is 2.48. The first-order chi connectivity index (χ1) is 9.49. The highest BCUT2D eigenvalue weighted by Gasteiger charge is 2.24. The van der Waals surface area contributed by atoms with Crippen molar-refractivity contribution in [1.29, 1.82) is 0 Å². The van der Waals surface area contributed by atoms with Gasteiger partial charge in [0.05, 0.1) is 18.9 Å². The molecule has 1 saturated heterocycles. The third kappa shape index (κ3) is 6.89. The Kier molecular flexibility index (Phi) is 7.59. The summed E-state index contributed by atoms with van der Waals surface area (Å²) in [6.07, 6.45) is 3.29. The Hall–Kier alpha value is -1.10. The third-order valence-electron chi connectivity index (χ3n) is 3.62. The molecule has 20 heavy (non-hydrogen) atoms. The first-order valence-corrected chi connectivity index (χ1v) is 7.45. The number of rotatable bonds is 8. The van der Waals surface area contributed by atoms with Crippen LogP contribution in [0.2, 0.25) is 0 Å². The van der Waals surface area contributed by atoms with Crippen LogP contribution < -0.4 is 0 Å². The van der Waals surface area contributed by atoms with Crippen molar-refractivity contribution in [2.45, 2.75) is 46.0 Å². The topological polar surface area (TPSA) is 72.8 Å². The molecule has 0 amide bonds. The molecule has 0 radical (unpaired) electrons. The molecule has 116 valence electrons. The van der Waals surface area contributed by atoms with Gasteiger partial charge in [-0.05, 0) is 37.5 Å². The highest BCUT2D eigenvalue weighted by molar-refractivity contribution is 5.79. The van der Waals surface area contributed by atoms with Gasteiger partial charge in [0, 0.05) is 13.2 Å². The van der Waals surface area contributed by atoms with Crippen LogP contribution in [0.1, 0.15) is 46.0 Å². The Labute approximate surface area is 120 Å². The van der Waals surface area contributed by atoms with E-state index >= 15 is 0 Å². The van der Waals surface area contributed by atoms with Crippen molar-refractivity contribution in [3.63, 3.8) is 0 Å². The molecule has 5 nitrogen and oxygen atoms in total. The quantitative estimate of drug-likeness (QED) is 0.694. The standard InChI is InChI=1S/C15H26O5/c1-11(2)9-13(10-14(16)17)15(18)20-8-5-12-3-6-19-7-4-12/h11-13H,3-10H2,1-2H3,(H,16,17)/t13-/m0/s1. The maximum atomic E-state index is 11.9. The third-order valence-corrected chi connectivity index (χ3v) is 3.62. The largest absolute Gasteiger partial charge is 0.481 e. The number of carbonyl (C=O) groups excluding carboxylic acids is 1. The zero-order valence-electron chi connectivity index (χ0n) is 12.5. The highest BCUT2D eigenvalue weighted by Crippen LogP contribution is 2.20. The minimum absolute atomic E-state index is 0.145. The van der Waals surface area contributed by atoms with Crippen molar-refractivity contribution >= 4 is 11.9 Å². The second kappa shape index (κ2) is 8.95. The molecule has 1 rings (SSSR count). The molecule has 1 heterocycles. The molecule has 0 saturated carbocycles. The van der Waals surface area contributed by atoms with Gasteiger partial charge in [-0.1, -0.05) is 13.8 Å². The van der Waals surface area contributed by atoms with Crippen molar-refractivity contribution < 1.29 is 24.2 Å². The molecular weight excluding hydrogens is 260 g/mol. The summed E-state index contributed by atoms with van der Waals surface area (Å²) >= 11 is 0. The molecular formula is C15H26O5. The zero-order valence-corrected chi connectivity index (χ0v) is 12.5. The van der Waals surface area contributed by atoms with Crippen LogP contribution in [0.15, 0.2) is 0 Å². The van der Waals surface area contributed by atoms with Gasteiger partial charge in [0.25, 0.3) is 0 Å². The average Bonchev–Trinajstić information content (AvgIpc) is 2.38. The first-order valence-electron chi connectivity index (χ1n) is 7.45. The van der Waals surface area contributed by atoms with Crippen LogP contribution in [0.25, 0.3) is 0 Å². The molecule has 1 N–H and O–H groups in total. The molecule has 5 heteroatoms. The van der Waals surface area contributed by atoms with Crippen molar-refractivity contribution in [2.24, 2.45) is 17.8 Å². The van der Waals surface area contributed by atoms with Crippen molar-refractivity contribution in [3.8, 4) is 0 Å². The minimum atomic E-state index is -0.947. The maximum Gasteiger partial charge on any atom is 0.309 e. The van der Waals surface area contributed by atoms with E-state index in [1.165, 1.54) is 0 Å². The molecule has 1 fully saturated rings. The fourth-order valence-electron chi connectivity index (χ4n) is 2.52. The van der Waals surface area contributed by atoms with Crippen LogP contribution in [0.5, 0.6) is 0 Å². The fourth-order valence-corrected chi connectivity index (χ4v) is 2.52. The number of carbonyl (C=O) groups is 2. The first kappa shape index (κ1) is 17.0. The van der Waals surface area contributed by atoms with Gasteiger partial charge >= 0.3 is 11.9 Å². The lowest BCUT2D eigenvalue weighted by Crippen LogP contribution is -2.24. The molecule has 0 aromatic rings. The normalized spacial score (nSPS) is 17.9. The van der Waals surface area contributed by atoms with Gasteiger partial charge in [-0.2, -0.15) is 0 Å². The molecule has 0 aromatic heterocycles. The van der Waals surface area contributed by atoms with E-state index in [-0.39, 0.29) is 18.3 Å². The van der Waals surface area contributed by atoms with Crippen LogP contribution in [-0.2, 0) is 19.1 Å². The number of carboxylic acid groups (broad SMARTS) is 1. The van der Waals surface area contributed by atoms with E-state index in [4.69, 9.17) is 14.6 Å². The van der Waals surface area contributed by atoms with Crippen LogP contribution in [0.4, 0.5) is 0 Å². The lowest BCUT2D eigenvalue weighted by molar-refractivity contribution is -0.154. The molecule has 0 spiro atoms. The number of esters is 1. The summed E-state index contributed by atoms with van der Waals surface area (Å²) in [7, 11) is 0. The van der Waals surface area contributed by atoms with E-state index in [2.05, 4.69) is 0 Å². The Balaban J connectivity index is 2.30. The number of ether oxygens (including phenoxy) is 2. The summed E-state index contributed by atoms with van der Waals surface area (Å²) in [4.78, 5) is 22.7. The van der Waals surface area contributed by atoms with Crippen molar-refractivity contribution in [3.05, 3.63) is 0 Å². The zero-order chi connectivity index (χ0) is 15.0. The predicted molar refractivity (Wildman–Crippen MR) is 74.3 cm³/mol. The van der Waals surface area contributed by atoms with Crippen molar-refractivity contribution in [2.75, 3.05) is 19.8 Å². The Morgan fingerprint density at radius 2 is 1.95 bits per heavy atom. The molecule has 0 aromatic carbocycles. The van der Waals surface area contributed by atoms with E-state index < -0.39 is 11.9 Å². The number of carboxylic acids is 1. The van der Waals surface area contributed by atoms with Gasteiger partial charge in [0.15, 0.2) is 0 Å². The number of aliphatic carboxylic acids is 1. The minimum Gasteiger partial charge on any atom is -0.481 e. The van der Waals surface area contributed by atoms with Gasteiger partial charge in [0.2, 0.25) is 0 Å². The molecule has 1 atom stereocenters. The van der Waals surface area contributed by atoms with Crippen LogP contribution in [0, 0.1) is 17.8 Å². The van der Waals surface area contributed by atoms with E-state index in [1.807, 2.05) is 13.8 Å². The van der Waals surface area contributed by atoms with Crippen LogP contribution in [0.3, 0.4) is 0 Å².